The van der Waals surface area contributed by atoms with Gasteiger partial charge in [-0.05, 0) is 42.7 Å². The average Bonchev–Trinajstić information content (AvgIpc) is 3.01. The first-order valence-electron chi connectivity index (χ1n) is 7.16. The van der Waals surface area contributed by atoms with Crippen molar-refractivity contribution < 1.29 is 4.79 Å². The summed E-state index contributed by atoms with van der Waals surface area (Å²) in [7, 11) is 0. The van der Waals surface area contributed by atoms with Gasteiger partial charge in [-0.25, -0.2) is 0 Å². The van der Waals surface area contributed by atoms with Crippen LogP contribution in [-0.4, -0.2) is 22.6 Å². The lowest BCUT2D eigenvalue weighted by molar-refractivity contribution is 0.0985. The van der Waals surface area contributed by atoms with E-state index in [0.717, 1.165) is 36.0 Å². The topological polar surface area (TPSA) is 49.0 Å². The van der Waals surface area contributed by atoms with Gasteiger partial charge in [0.1, 0.15) is 0 Å². The van der Waals surface area contributed by atoms with Crippen molar-refractivity contribution in [2.45, 2.75) is 12.8 Å². The van der Waals surface area contributed by atoms with Gasteiger partial charge in [0.2, 0.25) is 0 Å². The smallest absolute Gasteiger partial charge is 0.258 e. The number of H-pyrrole nitrogens is 1. The normalized spacial score (nSPS) is 14.2. The van der Waals surface area contributed by atoms with E-state index in [-0.39, 0.29) is 5.91 Å². The lowest BCUT2D eigenvalue weighted by Gasteiger charge is -2.29. The second-order valence-electron chi connectivity index (χ2n) is 5.36. The first-order valence-corrected chi connectivity index (χ1v) is 7.16. The number of rotatable bonds is 1. The highest BCUT2D eigenvalue weighted by Crippen LogP contribution is 2.28. The van der Waals surface area contributed by atoms with E-state index in [1.54, 1.807) is 6.20 Å². The van der Waals surface area contributed by atoms with Gasteiger partial charge in [-0.2, -0.15) is 5.10 Å². The molecule has 0 radical (unpaired) electrons. The van der Waals surface area contributed by atoms with Gasteiger partial charge in [-0.15, -0.1) is 0 Å². The van der Waals surface area contributed by atoms with Crippen molar-refractivity contribution in [2.75, 3.05) is 11.4 Å². The van der Waals surface area contributed by atoms with E-state index in [9.17, 15) is 4.79 Å². The monoisotopic (exact) mass is 277 g/mol. The molecule has 4 heteroatoms. The van der Waals surface area contributed by atoms with Gasteiger partial charge < -0.3 is 4.90 Å². The van der Waals surface area contributed by atoms with Crippen LogP contribution in [0.2, 0.25) is 0 Å². The summed E-state index contributed by atoms with van der Waals surface area (Å²) in [6.45, 7) is 0.777. The van der Waals surface area contributed by atoms with E-state index in [1.807, 2.05) is 41.3 Å². The Labute approximate surface area is 122 Å². The average molecular weight is 277 g/mol. The van der Waals surface area contributed by atoms with Gasteiger partial charge in [0.15, 0.2) is 0 Å². The quantitative estimate of drug-likeness (QED) is 0.742. The van der Waals surface area contributed by atoms with Crippen molar-refractivity contribution in [1.29, 1.82) is 0 Å². The fourth-order valence-electron chi connectivity index (χ4n) is 2.98. The van der Waals surface area contributed by atoms with Crippen LogP contribution in [-0.2, 0) is 6.42 Å². The maximum absolute atomic E-state index is 12.8. The number of aromatic amines is 1. The number of nitrogens with zero attached hydrogens (tertiary/aromatic N) is 2. The summed E-state index contributed by atoms with van der Waals surface area (Å²) >= 11 is 0. The van der Waals surface area contributed by atoms with E-state index in [4.69, 9.17) is 0 Å². The Balaban J connectivity index is 1.75. The first-order chi connectivity index (χ1) is 10.3. The van der Waals surface area contributed by atoms with Gasteiger partial charge in [0, 0.05) is 23.2 Å². The summed E-state index contributed by atoms with van der Waals surface area (Å²) in [6.07, 6.45) is 3.80. The van der Waals surface area contributed by atoms with Crippen molar-refractivity contribution in [3.8, 4) is 0 Å². The Hall–Kier alpha value is -2.62. The molecule has 1 aliphatic rings. The molecule has 0 saturated carbocycles. The molecule has 4 rings (SSSR count). The van der Waals surface area contributed by atoms with Gasteiger partial charge >= 0.3 is 0 Å². The van der Waals surface area contributed by atoms with E-state index in [2.05, 4.69) is 16.3 Å². The zero-order valence-electron chi connectivity index (χ0n) is 11.5. The van der Waals surface area contributed by atoms with E-state index in [0.29, 0.717) is 5.56 Å². The largest absolute Gasteiger partial charge is 0.308 e. The third-order valence-electron chi connectivity index (χ3n) is 4.04. The Morgan fingerprint density at radius 2 is 2.10 bits per heavy atom. The fraction of sp³-hybridized carbons (Fsp3) is 0.176. The third-order valence-corrected chi connectivity index (χ3v) is 4.04. The van der Waals surface area contributed by atoms with Crippen LogP contribution < -0.4 is 4.90 Å². The molecule has 21 heavy (non-hydrogen) atoms. The molecule has 0 aliphatic carbocycles. The lowest BCUT2D eigenvalue weighted by Crippen LogP contribution is -2.35. The van der Waals surface area contributed by atoms with Gasteiger partial charge in [-0.3, -0.25) is 9.89 Å². The molecule has 4 nitrogen and oxygen atoms in total. The molecule has 0 bridgehead atoms. The van der Waals surface area contributed by atoms with Crippen LogP contribution in [0, 0.1) is 0 Å². The van der Waals surface area contributed by atoms with Crippen molar-refractivity contribution in [1.82, 2.24) is 10.2 Å². The number of anilines is 1. The Morgan fingerprint density at radius 3 is 3.05 bits per heavy atom. The van der Waals surface area contributed by atoms with Crippen LogP contribution in [0.25, 0.3) is 10.9 Å². The number of aryl methyl sites for hydroxylation is 1. The molecule has 1 aliphatic heterocycles. The summed E-state index contributed by atoms with van der Waals surface area (Å²) in [5.74, 6) is 0.0604. The van der Waals surface area contributed by atoms with Crippen molar-refractivity contribution in [3.05, 3.63) is 59.8 Å². The maximum Gasteiger partial charge on any atom is 0.258 e. The minimum atomic E-state index is 0.0604. The molecule has 2 aromatic carbocycles. The number of para-hydroxylation sites is 1. The second kappa shape index (κ2) is 4.74. The fourth-order valence-corrected chi connectivity index (χ4v) is 2.98. The Bertz CT molecular complexity index is 822. The Morgan fingerprint density at radius 1 is 1.19 bits per heavy atom. The zero-order chi connectivity index (χ0) is 14.2. The van der Waals surface area contributed by atoms with Crippen molar-refractivity contribution >= 4 is 22.5 Å². The number of hydrogen-bond donors (Lipinski definition) is 1. The molecule has 0 fully saturated rings. The SMILES string of the molecule is O=C(c1ccc2[nH]ncc2c1)N1CCCc2ccccc21. The summed E-state index contributed by atoms with van der Waals surface area (Å²) in [6, 6.07) is 13.8. The molecule has 104 valence electrons. The van der Waals surface area contributed by atoms with Crippen LogP contribution in [0.5, 0.6) is 0 Å². The van der Waals surface area contributed by atoms with E-state index >= 15 is 0 Å². The molecule has 1 aromatic heterocycles. The van der Waals surface area contributed by atoms with Gasteiger partial charge in [0.05, 0.1) is 11.7 Å². The molecule has 1 N–H and O–H groups in total. The minimum Gasteiger partial charge on any atom is -0.308 e. The highest BCUT2D eigenvalue weighted by Gasteiger charge is 2.23. The number of carbonyl (C=O) groups excluding carboxylic acids is 1. The third kappa shape index (κ3) is 2.00. The lowest BCUT2D eigenvalue weighted by atomic mass is 10.0. The highest BCUT2D eigenvalue weighted by molar-refractivity contribution is 6.08. The molecule has 0 unspecified atom stereocenters. The highest BCUT2D eigenvalue weighted by atomic mass is 16.2. The second-order valence-corrected chi connectivity index (χ2v) is 5.36. The summed E-state index contributed by atoms with van der Waals surface area (Å²) in [5.41, 5.74) is 3.95. The van der Waals surface area contributed by atoms with Gasteiger partial charge in [0.25, 0.3) is 5.91 Å². The van der Waals surface area contributed by atoms with Crippen LogP contribution in [0.1, 0.15) is 22.3 Å². The molecule has 1 amide bonds. The zero-order valence-corrected chi connectivity index (χ0v) is 11.5. The first kappa shape index (κ1) is 12.1. The molecule has 3 aromatic rings. The minimum absolute atomic E-state index is 0.0604. The van der Waals surface area contributed by atoms with Crippen LogP contribution in [0.3, 0.4) is 0 Å². The van der Waals surface area contributed by atoms with Crippen molar-refractivity contribution in [3.63, 3.8) is 0 Å². The maximum atomic E-state index is 12.8. The summed E-state index contributed by atoms with van der Waals surface area (Å²) < 4.78 is 0. The predicted molar refractivity (Wildman–Crippen MR) is 82.5 cm³/mol. The van der Waals surface area contributed by atoms with E-state index in [1.165, 1.54) is 5.56 Å². The summed E-state index contributed by atoms with van der Waals surface area (Å²) in [5, 5.41) is 7.87. The molecule has 2 heterocycles. The molecular weight excluding hydrogens is 262 g/mol. The molecular formula is C17H15N3O. The van der Waals surface area contributed by atoms with Crippen LogP contribution in [0.4, 0.5) is 5.69 Å². The predicted octanol–water partition coefficient (Wildman–Crippen LogP) is 3.16. The number of hydrogen-bond acceptors (Lipinski definition) is 2. The van der Waals surface area contributed by atoms with E-state index < -0.39 is 0 Å². The number of fused-ring (bicyclic) bond motifs is 2. The number of amides is 1. The number of benzene rings is 2. The molecule has 0 spiro atoms. The number of aromatic nitrogens is 2. The van der Waals surface area contributed by atoms with Gasteiger partial charge in [-0.1, -0.05) is 18.2 Å². The Kier molecular flexibility index (Phi) is 2.74. The van der Waals surface area contributed by atoms with Crippen molar-refractivity contribution in [2.24, 2.45) is 0 Å². The van der Waals surface area contributed by atoms with Crippen LogP contribution in [0.15, 0.2) is 48.7 Å². The standard InChI is InChI=1S/C17H15N3O/c21-17(13-7-8-15-14(10-13)11-18-19-15)20-9-3-5-12-4-1-2-6-16(12)20/h1-2,4,6-8,10-11H,3,5,9H2,(H,18,19). The van der Waals surface area contributed by atoms with Crippen LogP contribution >= 0.6 is 0 Å². The number of nitrogens with one attached hydrogen (secondary N) is 1. The molecule has 0 atom stereocenters. The molecule has 0 saturated heterocycles. The number of carbonyl (C=O) groups is 1. The summed E-state index contributed by atoms with van der Waals surface area (Å²) in [4.78, 5) is 14.7.